The molecule has 0 saturated heterocycles. The molecule has 18 heavy (non-hydrogen) atoms. The maximum atomic E-state index is 5.82. The molecule has 2 aromatic rings. The Bertz CT molecular complexity index is 531. The summed E-state index contributed by atoms with van der Waals surface area (Å²) in [4.78, 5) is 0. The van der Waals surface area contributed by atoms with E-state index >= 15 is 0 Å². The molecule has 0 spiro atoms. The number of hydrogen-bond donors (Lipinski definition) is 0. The van der Waals surface area contributed by atoms with Crippen LogP contribution in [0.15, 0.2) is 48.5 Å². The third-order valence-electron chi connectivity index (χ3n) is 3.47. The van der Waals surface area contributed by atoms with E-state index in [0.717, 1.165) is 24.5 Å². The van der Waals surface area contributed by atoms with E-state index in [0.29, 0.717) is 5.92 Å². The lowest BCUT2D eigenvalue weighted by atomic mass is 9.90. The molecule has 2 heteroatoms. The smallest absolute Gasteiger partial charge is 0.122 e. The van der Waals surface area contributed by atoms with Crippen molar-refractivity contribution < 1.29 is 9.47 Å². The van der Waals surface area contributed by atoms with Gasteiger partial charge in [-0.15, -0.1) is 0 Å². The van der Waals surface area contributed by atoms with Gasteiger partial charge in [0, 0.05) is 5.92 Å². The van der Waals surface area contributed by atoms with Crippen LogP contribution < -0.4 is 9.47 Å². The summed E-state index contributed by atoms with van der Waals surface area (Å²) in [5, 5.41) is 0. The molecule has 1 atom stereocenters. The van der Waals surface area contributed by atoms with Crippen LogP contribution in [0.2, 0.25) is 0 Å². The Morgan fingerprint density at radius 3 is 2.61 bits per heavy atom. The first-order valence-corrected chi connectivity index (χ1v) is 6.21. The van der Waals surface area contributed by atoms with Crippen LogP contribution in [-0.2, 0) is 6.42 Å². The summed E-state index contributed by atoms with van der Waals surface area (Å²) in [5.74, 6) is 2.36. The van der Waals surface area contributed by atoms with Crippen LogP contribution in [0.4, 0.5) is 0 Å². The minimum absolute atomic E-state index is 0.436. The van der Waals surface area contributed by atoms with Crippen molar-refractivity contribution in [1.29, 1.82) is 0 Å². The van der Waals surface area contributed by atoms with Crippen molar-refractivity contribution in [2.45, 2.75) is 12.3 Å². The van der Waals surface area contributed by atoms with Gasteiger partial charge in [-0.2, -0.15) is 0 Å². The van der Waals surface area contributed by atoms with Crippen LogP contribution in [0.25, 0.3) is 0 Å². The Hall–Kier alpha value is -1.96. The van der Waals surface area contributed by atoms with Crippen LogP contribution >= 0.6 is 0 Å². The number of rotatable bonds is 2. The lowest BCUT2D eigenvalue weighted by molar-refractivity contribution is 0.262. The highest BCUT2D eigenvalue weighted by molar-refractivity contribution is 5.38. The van der Waals surface area contributed by atoms with Crippen LogP contribution in [-0.4, -0.2) is 13.7 Å². The number of para-hydroxylation sites is 1. The first-order valence-electron chi connectivity index (χ1n) is 6.21. The first-order chi connectivity index (χ1) is 8.86. The minimum atomic E-state index is 0.436. The Balaban J connectivity index is 1.82. The largest absolute Gasteiger partial charge is 0.497 e. The highest BCUT2D eigenvalue weighted by Crippen LogP contribution is 2.32. The quantitative estimate of drug-likeness (QED) is 0.800. The Morgan fingerprint density at radius 2 is 1.83 bits per heavy atom. The van der Waals surface area contributed by atoms with Crippen molar-refractivity contribution in [3.8, 4) is 11.5 Å². The van der Waals surface area contributed by atoms with Crippen molar-refractivity contribution in [1.82, 2.24) is 0 Å². The van der Waals surface area contributed by atoms with Crippen molar-refractivity contribution in [3.63, 3.8) is 0 Å². The van der Waals surface area contributed by atoms with E-state index in [1.165, 1.54) is 11.1 Å². The number of methoxy groups -OCH3 is 1. The second kappa shape index (κ2) is 4.73. The molecule has 1 aliphatic heterocycles. The second-order valence-electron chi connectivity index (χ2n) is 4.59. The number of fused-ring (bicyclic) bond motifs is 1. The SMILES string of the molecule is COc1ccc([C@H]2COc3ccccc3C2)cc1. The Kier molecular flexibility index (Phi) is 2.93. The molecular formula is C16H16O2. The molecule has 0 N–H and O–H groups in total. The van der Waals surface area contributed by atoms with Gasteiger partial charge in [-0.25, -0.2) is 0 Å². The van der Waals surface area contributed by atoms with E-state index in [2.05, 4.69) is 24.3 Å². The van der Waals surface area contributed by atoms with Gasteiger partial charge in [-0.05, 0) is 35.7 Å². The fourth-order valence-electron chi connectivity index (χ4n) is 2.42. The zero-order chi connectivity index (χ0) is 12.4. The van der Waals surface area contributed by atoms with Gasteiger partial charge in [-0.3, -0.25) is 0 Å². The molecule has 0 aliphatic carbocycles. The summed E-state index contributed by atoms with van der Waals surface area (Å²) in [6, 6.07) is 16.5. The van der Waals surface area contributed by atoms with Crippen molar-refractivity contribution >= 4 is 0 Å². The third kappa shape index (κ3) is 2.06. The van der Waals surface area contributed by atoms with E-state index in [4.69, 9.17) is 9.47 Å². The molecule has 2 nitrogen and oxygen atoms in total. The minimum Gasteiger partial charge on any atom is -0.497 e. The topological polar surface area (TPSA) is 18.5 Å². The van der Waals surface area contributed by atoms with Gasteiger partial charge in [-0.1, -0.05) is 30.3 Å². The highest BCUT2D eigenvalue weighted by Gasteiger charge is 2.20. The molecule has 2 aromatic carbocycles. The average molecular weight is 240 g/mol. The molecule has 3 rings (SSSR count). The van der Waals surface area contributed by atoms with Gasteiger partial charge < -0.3 is 9.47 Å². The van der Waals surface area contributed by atoms with E-state index in [-0.39, 0.29) is 0 Å². The third-order valence-corrected chi connectivity index (χ3v) is 3.47. The molecule has 0 unspecified atom stereocenters. The number of benzene rings is 2. The van der Waals surface area contributed by atoms with Crippen LogP contribution in [0.1, 0.15) is 17.0 Å². The number of hydrogen-bond acceptors (Lipinski definition) is 2. The fourth-order valence-corrected chi connectivity index (χ4v) is 2.42. The van der Waals surface area contributed by atoms with E-state index in [1.807, 2.05) is 24.3 Å². The fraction of sp³-hybridized carbons (Fsp3) is 0.250. The number of ether oxygens (including phenoxy) is 2. The summed E-state index contributed by atoms with van der Waals surface area (Å²) in [5.41, 5.74) is 2.61. The molecule has 0 saturated carbocycles. The molecule has 1 aliphatic rings. The van der Waals surface area contributed by atoms with Gasteiger partial charge in [0.1, 0.15) is 11.5 Å². The van der Waals surface area contributed by atoms with Gasteiger partial charge in [0.2, 0.25) is 0 Å². The van der Waals surface area contributed by atoms with E-state index in [9.17, 15) is 0 Å². The van der Waals surface area contributed by atoms with Gasteiger partial charge in [0.15, 0.2) is 0 Å². The summed E-state index contributed by atoms with van der Waals surface area (Å²) < 4.78 is 11.0. The van der Waals surface area contributed by atoms with Crippen molar-refractivity contribution in [2.24, 2.45) is 0 Å². The molecule has 0 radical (unpaired) electrons. The maximum absolute atomic E-state index is 5.82. The standard InChI is InChI=1S/C16H16O2/c1-17-15-8-6-12(7-9-15)14-10-13-4-2-3-5-16(13)18-11-14/h2-9,14H,10-11H2,1H3/t14-/m1/s1. The lowest BCUT2D eigenvalue weighted by Gasteiger charge is -2.25. The second-order valence-corrected chi connectivity index (χ2v) is 4.59. The summed E-state index contributed by atoms with van der Waals surface area (Å²) in [6.45, 7) is 0.753. The van der Waals surface area contributed by atoms with Gasteiger partial charge >= 0.3 is 0 Å². The molecule has 0 aromatic heterocycles. The normalized spacial score (nSPS) is 17.7. The van der Waals surface area contributed by atoms with Crippen LogP contribution in [0.3, 0.4) is 0 Å². The summed E-state index contributed by atoms with van der Waals surface area (Å²) >= 11 is 0. The first kappa shape index (κ1) is 11.1. The van der Waals surface area contributed by atoms with Gasteiger partial charge in [0.25, 0.3) is 0 Å². The van der Waals surface area contributed by atoms with Gasteiger partial charge in [0.05, 0.1) is 13.7 Å². The maximum Gasteiger partial charge on any atom is 0.122 e. The molecule has 0 bridgehead atoms. The van der Waals surface area contributed by atoms with Crippen molar-refractivity contribution in [2.75, 3.05) is 13.7 Å². The van der Waals surface area contributed by atoms with Crippen molar-refractivity contribution in [3.05, 3.63) is 59.7 Å². The zero-order valence-corrected chi connectivity index (χ0v) is 10.4. The van der Waals surface area contributed by atoms with E-state index in [1.54, 1.807) is 7.11 Å². The molecule has 92 valence electrons. The predicted molar refractivity (Wildman–Crippen MR) is 71.4 cm³/mol. The van der Waals surface area contributed by atoms with Crippen LogP contribution in [0.5, 0.6) is 11.5 Å². The lowest BCUT2D eigenvalue weighted by Crippen LogP contribution is -2.18. The molecule has 0 amide bonds. The highest BCUT2D eigenvalue weighted by atomic mass is 16.5. The predicted octanol–water partition coefficient (Wildman–Crippen LogP) is 3.41. The van der Waals surface area contributed by atoms with E-state index < -0.39 is 0 Å². The Labute approximate surface area is 107 Å². The molecule has 0 fully saturated rings. The Morgan fingerprint density at radius 1 is 1.06 bits per heavy atom. The summed E-state index contributed by atoms with van der Waals surface area (Å²) in [6.07, 6.45) is 1.04. The zero-order valence-electron chi connectivity index (χ0n) is 10.4. The summed E-state index contributed by atoms with van der Waals surface area (Å²) in [7, 11) is 1.69. The average Bonchev–Trinajstić information content (AvgIpc) is 2.47. The monoisotopic (exact) mass is 240 g/mol. The molecule has 1 heterocycles. The molecular weight excluding hydrogens is 224 g/mol. The van der Waals surface area contributed by atoms with Crippen LogP contribution in [0, 0.1) is 0 Å².